The van der Waals surface area contributed by atoms with Crippen molar-refractivity contribution >= 4 is 17.9 Å². The van der Waals surface area contributed by atoms with Gasteiger partial charge >= 0.3 is 17.9 Å². The van der Waals surface area contributed by atoms with Crippen molar-refractivity contribution < 1.29 is 28.6 Å². The van der Waals surface area contributed by atoms with E-state index >= 15 is 0 Å². The molecule has 0 aliphatic rings. The summed E-state index contributed by atoms with van der Waals surface area (Å²) in [5.41, 5.74) is 0. The molecule has 1 atom stereocenters. The summed E-state index contributed by atoms with van der Waals surface area (Å²) in [4.78, 5) is 38.4. The van der Waals surface area contributed by atoms with Gasteiger partial charge in [0.15, 0.2) is 6.10 Å². The van der Waals surface area contributed by atoms with Crippen molar-refractivity contribution in [2.45, 2.75) is 399 Å². The molecule has 0 saturated heterocycles. The molecule has 454 valence electrons. The van der Waals surface area contributed by atoms with Crippen molar-refractivity contribution in [2.24, 2.45) is 0 Å². The smallest absolute Gasteiger partial charge is 0.306 e. The van der Waals surface area contributed by atoms with Gasteiger partial charge < -0.3 is 14.2 Å². The first-order chi connectivity index (χ1) is 38.0. The summed E-state index contributed by atoms with van der Waals surface area (Å²) in [6, 6.07) is 0. The van der Waals surface area contributed by atoms with E-state index in [1.165, 1.54) is 295 Å². The zero-order chi connectivity index (χ0) is 55.7. The van der Waals surface area contributed by atoms with Crippen LogP contribution in [0.15, 0.2) is 24.3 Å². The van der Waals surface area contributed by atoms with E-state index < -0.39 is 6.10 Å². The van der Waals surface area contributed by atoms with Gasteiger partial charge in [0.2, 0.25) is 0 Å². The van der Waals surface area contributed by atoms with Gasteiger partial charge in [0.25, 0.3) is 0 Å². The van der Waals surface area contributed by atoms with Gasteiger partial charge in [-0.25, -0.2) is 0 Å². The summed E-state index contributed by atoms with van der Waals surface area (Å²) < 4.78 is 17.0. The van der Waals surface area contributed by atoms with Gasteiger partial charge in [-0.05, 0) is 70.6 Å². The Hall–Kier alpha value is -2.11. The number of esters is 3. The van der Waals surface area contributed by atoms with E-state index in [4.69, 9.17) is 14.2 Å². The molecule has 0 spiro atoms. The van der Waals surface area contributed by atoms with Crippen LogP contribution in [0.4, 0.5) is 0 Å². The Labute approximate surface area is 481 Å². The minimum atomic E-state index is -0.771. The van der Waals surface area contributed by atoms with Gasteiger partial charge in [0.1, 0.15) is 13.2 Å². The molecule has 0 aliphatic heterocycles. The Morgan fingerprint density at radius 1 is 0.247 bits per heavy atom. The molecule has 0 aliphatic carbocycles. The number of hydrogen-bond acceptors (Lipinski definition) is 6. The minimum Gasteiger partial charge on any atom is -0.462 e. The molecule has 0 unspecified atom stereocenters. The van der Waals surface area contributed by atoms with Crippen LogP contribution in [0, 0.1) is 0 Å². The van der Waals surface area contributed by atoms with Crippen molar-refractivity contribution in [3.05, 3.63) is 24.3 Å². The predicted molar refractivity (Wildman–Crippen MR) is 335 cm³/mol. The number of unbranched alkanes of at least 4 members (excludes halogenated alkanes) is 50. The molecule has 0 saturated carbocycles. The highest BCUT2D eigenvalue weighted by atomic mass is 16.6. The molecule has 0 heterocycles. The molecule has 0 amide bonds. The number of carbonyl (C=O) groups is 3. The summed E-state index contributed by atoms with van der Waals surface area (Å²) in [6.07, 6.45) is 80.5. The van der Waals surface area contributed by atoms with Crippen LogP contribution in [-0.4, -0.2) is 37.2 Å². The molecule has 0 bridgehead atoms. The first-order valence-electron chi connectivity index (χ1n) is 34.8. The summed E-state index contributed by atoms with van der Waals surface area (Å²) >= 11 is 0. The molecule has 0 fully saturated rings. The van der Waals surface area contributed by atoms with Crippen LogP contribution >= 0.6 is 0 Å². The topological polar surface area (TPSA) is 78.9 Å². The number of allylic oxidation sites excluding steroid dienone is 4. The Bertz CT molecular complexity index is 1240. The lowest BCUT2D eigenvalue weighted by atomic mass is 10.0. The van der Waals surface area contributed by atoms with Crippen molar-refractivity contribution in [3.8, 4) is 0 Å². The molecule has 77 heavy (non-hydrogen) atoms. The number of carbonyl (C=O) groups excluding carboxylic acids is 3. The van der Waals surface area contributed by atoms with E-state index in [0.29, 0.717) is 19.3 Å². The second-order valence-corrected chi connectivity index (χ2v) is 23.8. The van der Waals surface area contributed by atoms with Crippen molar-refractivity contribution in [2.75, 3.05) is 13.2 Å². The molecule has 0 rings (SSSR count). The van der Waals surface area contributed by atoms with E-state index in [1.807, 2.05) is 0 Å². The second kappa shape index (κ2) is 66.4. The first kappa shape index (κ1) is 74.9. The molecule has 0 radical (unpaired) electrons. The summed E-state index contributed by atoms with van der Waals surface area (Å²) in [6.45, 7) is 6.71. The fourth-order valence-corrected chi connectivity index (χ4v) is 10.7. The number of hydrogen-bond donors (Lipinski definition) is 0. The third kappa shape index (κ3) is 64.6. The lowest BCUT2D eigenvalue weighted by molar-refractivity contribution is -0.167. The Balaban J connectivity index is 4.30. The van der Waals surface area contributed by atoms with E-state index in [1.54, 1.807) is 0 Å². The molecule has 6 heteroatoms. The van der Waals surface area contributed by atoms with Gasteiger partial charge in [0.05, 0.1) is 0 Å². The maximum Gasteiger partial charge on any atom is 0.306 e. The maximum atomic E-state index is 13.0. The van der Waals surface area contributed by atoms with Crippen LogP contribution in [0.1, 0.15) is 393 Å². The molecule has 0 N–H and O–H groups in total. The Morgan fingerprint density at radius 2 is 0.429 bits per heavy atom. The number of rotatable bonds is 65. The van der Waals surface area contributed by atoms with Crippen LogP contribution in [0.25, 0.3) is 0 Å². The van der Waals surface area contributed by atoms with Crippen LogP contribution in [0.3, 0.4) is 0 Å². The highest BCUT2D eigenvalue weighted by molar-refractivity contribution is 5.71. The Kier molecular flexibility index (Phi) is 64.6. The van der Waals surface area contributed by atoms with Crippen molar-refractivity contribution in [1.82, 2.24) is 0 Å². The second-order valence-electron chi connectivity index (χ2n) is 23.8. The lowest BCUT2D eigenvalue weighted by Crippen LogP contribution is -2.30. The summed E-state index contributed by atoms with van der Waals surface area (Å²) in [5, 5.41) is 0. The molecular formula is C71H134O6. The van der Waals surface area contributed by atoms with E-state index in [-0.39, 0.29) is 31.1 Å². The van der Waals surface area contributed by atoms with Crippen molar-refractivity contribution in [1.29, 1.82) is 0 Å². The summed E-state index contributed by atoms with van der Waals surface area (Å²) in [5.74, 6) is -0.840. The van der Waals surface area contributed by atoms with E-state index in [2.05, 4.69) is 45.1 Å². The first-order valence-corrected chi connectivity index (χ1v) is 34.8. The molecule has 0 aromatic rings. The quantitative estimate of drug-likeness (QED) is 0.0261. The molecular weight excluding hydrogens is 949 g/mol. The standard InChI is InChI=1S/C71H134O6/c1-4-7-10-13-16-19-22-25-28-31-33-35-37-40-43-46-49-52-55-58-61-64-70(73)76-67-68(66-75-69(72)63-60-57-54-51-48-45-42-39-30-27-24-21-18-15-12-9-6-3)77-71(74)65-62-59-56-53-50-47-44-41-38-36-34-32-29-26-23-20-17-14-11-8-5-2/h25,27-28,30,68H,4-24,26,29,31-67H2,1-3H3/b28-25-,30-27-/t68-/m0/s1. The van der Waals surface area contributed by atoms with Crippen LogP contribution in [-0.2, 0) is 28.6 Å². The monoisotopic (exact) mass is 1080 g/mol. The van der Waals surface area contributed by atoms with Crippen LogP contribution in [0.5, 0.6) is 0 Å². The zero-order valence-electron chi connectivity index (χ0n) is 52.3. The fraction of sp³-hybridized carbons (Fsp3) is 0.901. The van der Waals surface area contributed by atoms with E-state index in [0.717, 1.165) is 57.8 Å². The predicted octanol–water partition coefficient (Wildman–Crippen LogP) is 23.8. The SMILES string of the molecule is CCCCCCCC/C=C\CCCCCCCCCCCCCC(=O)OC[C@H](COC(=O)CCCCCCCCC/C=C\CCCCCCCC)OC(=O)CCCCCCCCCCCCCCCCCCCCCCC. The van der Waals surface area contributed by atoms with Gasteiger partial charge in [-0.3, -0.25) is 14.4 Å². The maximum absolute atomic E-state index is 13.0. The van der Waals surface area contributed by atoms with Gasteiger partial charge in [-0.1, -0.05) is 328 Å². The lowest BCUT2D eigenvalue weighted by Gasteiger charge is -2.18. The zero-order valence-corrected chi connectivity index (χ0v) is 52.3. The fourth-order valence-electron chi connectivity index (χ4n) is 10.7. The Morgan fingerprint density at radius 3 is 0.649 bits per heavy atom. The average molecular weight is 1080 g/mol. The van der Waals surface area contributed by atoms with E-state index in [9.17, 15) is 14.4 Å². The molecule has 6 nitrogen and oxygen atoms in total. The highest BCUT2D eigenvalue weighted by Gasteiger charge is 2.19. The third-order valence-electron chi connectivity index (χ3n) is 15.9. The van der Waals surface area contributed by atoms with Crippen LogP contribution in [0.2, 0.25) is 0 Å². The normalized spacial score (nSPS) is 12.1. The van der Waals surface area contributed by atoms with Gasteiger partial charge in [-0.2, -0.15) is 0 Å². The average Bonchev–Trinajstić information content (AvgIpc) is 3.43. The largest absolute Gasteiger partial charge is 0.462 e. The van der Waals surface area contributed by atoms with Crippen LogP contribution < -0.4 is 0 Å². The number of ether oxygens (including phenoxy) is 3. The molecule has 0 aromatic carbocycles. The minimum absolute atomic E-state index is 0.0674. The summed E-state index contributed by atoms with van der Waals surface area (Å²) in [7, 11) is 0. The third-order valence-corrected chi connectivity index (χ3v) is 15.9. The highest BCUT2D eigenvalue weighted by Crippen LogP contribution is 2.18. The van der Waals surface area contributed by atoms with Gasteiger partial charge in [0, 0.05) is 19.3 Å². The van der Waals surface area contributed by atoms with Gasteiger partial charge in [-0.15, -0.1) is 0 Å². The molecule has 0 aromatic heterocycles. The van der Waals surface area contributed by atoms with Crippen molar-refractivity contribution in [3.63, 3.8) is 0 Å².